The molecule has 1 amide bonds. The first-order chi connectivity index (χ1) is 10.9. The average Bonchev–Trinajstić information content (AvgIpc) is 2.90. The minimum Gasteiger partial charge on any atom is -0.481 e. The normalized spacial score (nSPS) is 21.0. The lowest BCUT2D eigenvalue weighted by Crippen LogP contribution is -2.38. The van der Waals surface area contributed by atoms with Crippen molar-refractivity contribution in [1.29, 1.82) is 0 Å². The molecule has 6 heteroatoms. The number of hydrogen-bond acceptors (Lipinski definition) is 5. The van der Waals surface area contributed by atoms with Crippen molar-refractivity contribution in [1.82, 2.24) is 15.6 Å². The smallest absolute Gasteiger partial charge is 0.407 e. The van der Waals surface area contributed by atoms with E-state index in [1.165, 1.54) is 0 Å². The van der Waals surface area contributed by atoms with Gasteiger partial charge in [0.25, 0.3) is 0 Å². The van der Waals surface area contributed by atoms with E-state index in [0.29, 0.717) is 18.5 Å². The summed E-state index contributed by atoms with van der Waals surface area (Å²) >= 11 is 0. The molecule has 2 unspecified atom stereocenters. The van der Waals surface area contributed by atoms with Gasteiger partial charge in [0, 0.05) is 30.4 Å². The first kappa shape index (κ1) is 17.5. The van der Waals surface area contributed by atoms with Crippen molar-refractivity contribution in [3.05, 3.63) is 23.9 Å². The SMILES string of the molecule is COc1ncccc1CNC1CCC(NC(=O)OC(C)(C)C)C1. The summed E-state index contributed by atoms with van der Waals surface area (Å²) in [4.78, 5) is 16.0. The van der Waals surface area contributed by atoms with Crippen molar-refractivity contribution < 1.29 is 14.3 Å². The Hall–Kier alpha value is -1.82. The highest BCUT2D eigenvalue weighted by Gasteiger charge is 2.27. The molecule has 2 N–H and O–H groups in total. The van der Waals surface area contributed by atoms with Gasteiger partial charge in [-0.2, -0.15) is 0 Å². The largest absolute Gasteiger partial charge is 0.481 e. The van der Waals surface area contributed by atoms with Crippen LogP contribution in [0.5, 0.6) is 5.88 Å². The molecular formula is C17H27N3O3. The quantitative estimate of drug-likeness (QED) is 0.872. The molecule has 0 bridgehead atoms. The molecule has 6 nitrogen and oxygen atoms in total. The predicted molar refractivity (Wildman–Crippen MR) is 88.4 cm³/mol. The van der Waals surface area contributed by atoms with Crippen molar-refractivity contribution in [2.75, 3.05) is 7.11 Å². The number of hydrogen-bond donors (Lipinski definition) is 2. The molecule has 2 atom stereocenters. The lowest BCUT2D eigenvalue weighted by molar-refractivity contribution is 0.0505. The number of pyridine rings is 1. The number of rotatable bonds is 5. The van der Waals surface area contributed by atoms with E-state index in [1.54, 1.807) is 13.3 Å². The minimum absolute atomic E-state index is 0.165. The van der Waals surface area contributed by atoms with Gasteiger partial charge >= 0.3 is 6.09 Å². The number of methoxy groups -OCH3 is 1. The summed E-state index contributed by atoms with van der Waals surface area (Å²) < 4.78 is 10.6. The monoisotopic (exact) mass is 321 g/mol. The lowest BCUT2D eigenvalue weighted by Gasteiger charge is -2.22. The van der Waals surface area contributed by atoms with Gasteiger partial charge in [-0.15, -0.1) is 0 Å². The molecule has 1 saturated carbocycles. The van der Waals surface area contributed by atoms with Crippen LogP contribution in [0.3, 0.4) is 0 Å². The second-order valence-corrected chi connectivity index (χ2v) is 6.91. The maximum absolute atomic E-state index is 11.8. The molecule has 0 radical (unpaired) electrons. The van der Waals surface area contributed by atoms with Crippen molar-refractivity contribution in [2.45, 2.75) is 64.3 Å². The molecule has 2 rings (SSSR count). The molecule has 1 aromatic heterocycles. The molecule has 0 spiro atoms. The molecule has 1 heterocycles. The van der Waals surface area contributed by atoms with E-state index in [2.05, 4.69) is 15.6 Å². The third-order valence-corrected chi connectivity index (χ3v) is 3.78. The van der Waals surface area contributed by atoms with Crippen molar-refractivity contribution in [3.63, 3.8) is 0 Å². The lowest BCUT2D eigenvalue weighted by atomic mass is 10.2. The third-order valence-electron chi connectivity index (χ3n) is 3.78. The maximum Gasteiger partial charge on any atom is 0.407 e. The van der Waals surface area contributed by atoms with Gasteiger partial charge in [0.15, 0.2) is 0 Å². The van der Waals surface area contributed by atoms with Crippen LogP contribution in [0.15, 0.2) is 18.3 Å². The topological polar surface area (TPSA) is 72.5 Å². The van der Waals surface area contributed by atoms with Gasteiger partial charge in [-0.3, -0.25) is 0 Å². The molecule has 1 aliphatic carbocycles. The van der Waals surface area contributed by atoms with Crippen molar-refractivity contribution >= 4 is 6.09 Å². The average molecular weight is 321 g/mol. The maximum atomic E-state index is 11.8. The Bertz CT molecular complexity index is 528. The highest BCUT2D eigenvalue weighted by Crippen LogP contribution is 2.21. The number of aromatic nitrogens is 1. The van der Waals surface area contributed by atoms with E-state index < -0.39 is 5.60 Å². The van der Waals surface area contributed by atoms with E-state index in [4.69, 9.17) is 9.47 Å². The molecule has 128 valence electrons. The Morgan fingerprint density at radius 1 is 1.35 bits per heavy atom. The predicted octanol–water partition coefficient (Wildman–Crippen LogP) is 2.63. The van der Waals surface area contributed by atoms with Gasteiger partial charge in [-0.25, -0.2) is 9.78 Å². The van der Waals surface area contributed by atoms with E-state index in [0.717, 1.165) is 24.8 Å². The molecule has 1 aliphatic rings. The number of nitrogens with zero attached hydrogens (tertiary/aromatic N) is 1. The fourth-order valence-electron chi connectivity index (χ4n) is 2.77. The van der Waals surface area contributed by atoms with Crippen molar-refractivity contribution in [2.24, 2.45) is 0 Å². The summed E-state index contributed by atoms with van der Waals surface area (Å²) in [7, 11) is 1.63. The van der Waals surface area contributed by atoms with Gasteiger partial charge in [0.05, 0.1) is 7.11 Å². The Balaban J connectivity index is 1.76. The Kier molecular flexibility index (Phi) is 5.82. The highest BCUT2D eigenvalue weighted by molar-refractivity contribution is 5.68. The van der Waals surface area contributed by atoms with Crippen LogP contribution in [-0.2, 0) is 11.3 Å². The number of carbonyl (C=O) groups excluding carboxylic acids is 1. The van der Waals surface area contributed by atoms with Crippen LogP contribution in [0, 0.1) is 0 Å². The zero-order valence-corrected chi connectivity index (χ0v) is 14.4. The molecule has 23 heavy (non-hydrogen) atoms. The van der Waals surface area contributed by atoms with Crippen LogP contribution in [0.4, 0.5) is 4.79 Å². The summed E-state index contributed by atoms with van der Waals surface area (Å²) in [5, 5.41) is 6.46. The molecule has 1 fully saturated rings. The van der Waals surface area contributed by atoms with Crippen LogP contribution in [0.2, 0.25) is 0 Å². The van der Waals surface area contributed by atoms with Gasteiger partial charge < -0.3 is 20.1 Å². The van der Waals surface area contributed by atoms with Gasteiger partial charge in [0.2, 0.25) is 5.88 Å². The van der Waals surface area contributed by atoms with Crippen LogP contribution in [0.1, 0.15) is 45.6 Å². The number of nitrogens with one attached hydrogen (secondary N) is 2. The zero-order chi connectivity index (χ0) is 16.9. The Morgan fingerprint density at radius 2 is 2.09 bits per heavy atom. The van der Waals surface area contributed by atoms with E-state index in [1.807, 2.05) is 32.9 Å². The number of amides is 1. The van der Waals surface area contributed by atoms with E-state index >= 15 is 0 Å². The highest BCUT2D eigenvalue weighted by atomic mass is 16.6. The number of ether oxygens (including phenoxy) is 2. The summed E-state index contributed by atoms with van der Waals surface area (Å²) in [5.74, 6) is 0.654. The van der Waals surface area contributed by atoms with Crippen LogP contribution in [0.25, 0.3) is 0 Å². The summed E-state index contributed by atoms with van der Waals surface area (Å²) in [6, 6.07) is 4.45. The van der Waals surface area contributed by atoms with Crippen molar-refractivity contribution in [3.8, 4) is 5.88 Å². The first-order valence-corrected chi connectivity index (χ1v) is 8.08. The summed E-state index contributed by atoms with van der Waals surface area (Å²) in [5.41, 5.74) is 0.579. The third kappa shape index (κ3) is 5.71. The molecule has 0 saturated heterocycles. The Morgan fingerprint density at radius 3 is 2.78 bits per heavy atom. The minimum atomic E-state index is -0.461. The zero-order valence-electron chi connectivity index (χ0n) is 14.4. The second-order valence-electron chi connectivity index (χ2n) is 6.91. The fraction of sp³-hybridized carbons (Fsp3) is 0.647. The summed E-state index contributed by atoms with van der Waals surface area (Å²) in [6.45, 7) is 6.31. The van der Waals surface area contributed by atoms with E-state index in [9.17, 15) is 4.79 Å². The first-order valence-electron chi connectivity index (χ1n) is 8.08. The molecule has 0 aromatic carbocycles. The van der Waals surface area contributed by atoms with Gasteiger partial charge in [-0.05, 0) is 46.1 Å². The second kappa shape index (κ2) is 7.64. The molecule has 0 aliphatic heterocycles. The fourth-order valence-corrected chi connectivity index (χ4v) is 2.77. The molecular weight excluding hydrogens is 294 g/mol. The van der Waals surface area contributed by atoms with E-state index in [-0.39, 0.29) is 12.1 Å². The Labute approximate surface area is 138 Å². The van der Waals surface area contributed by atoms with Crippen LogP contribution in [-0.4, -0.2) is 35.9 Å². The van der Waals surface area contributed by atoms with Gasteiger partial charge in [0.1, 0.15) is 5.60 Å². The van der Waals surface area contributed by atoms with Crippen LogP contribution >= 0.6 is 0 Å². The van der Waals surface area contributed by atoms with Crippen LogP contribution < -0.4 is 15.4 Å². The number of alkyl carbamates (subject to hydrolysis) is 1. The number of carbonyl (C=O) groups is 1. The molecule has 1 aromatic rings. The van der Waals surface area contributed by atoms with Gasteiger partial charge in [-0.1, -0.05) is 6.07 Å². The standard InChI is InChI=1S/C17H27N3O3/c1-17(2,3)23-16(21)20-14-8-7-13(10-14)19-11-12-6-5-9-18-15(12)22-4/h5-6,9,13-14,19H,7-8,10-11H2,1-4H3,(H,20,21). The summed E-state index contributed by atoms with van der Waals surface area (Å²) in [6.07, 6.45) is 4.28.